The van der Waals surface area contributed by atoms with Gasteiger partial charge in [-0.3, -0.25) is 4.98 Å². The molecule has 0 fully saturated rings. The monoisotopic (exact) mass is 315 g/mol. The predicted molar refractivity (Wildman–Crippen MR) is 90.7 cm³/mol. The Bertz CT molecular complexity index is 997. The highest BCUT2D eigenvalue weighted by molar-refractivity contribution is 5.94. The van der Waals surface area contributed by atoms with Crippen molar-refractivity contribution < 1.29 is 0 Å². The number of imidazole rings is 2. The Balaban J connectivity index is 1.81. The third kappa shape index (κ3) is 1.84. The Morgan fingerprint density at radius 3 is 2.75 bits per heavy atom. The molecule has 5 rings (SSSR count). The zero-order valence-electron chi connectivity index (χ0n) is 12.8. The SMILES string of the molecule is Cc1cnc(-c2nc3c([nH]2)-c2ccncc2Nc2ncccc2-3)[nH]1. The van der Waals surface area contributed by atoms with Crippen LogP contribution in [0, 0.1) is 6.92 Å². The van der Waals surface area contributed by atoms with E-state index in [1.54, 1.807) is 24.8 Å². The van der Waals surface area contributed by atoms with E-state index in [-0.39, 0.29) is 0 Å². The summed E-state index contributed by atoms with van der Waals surface area (Å²) in [4.78, 5) is 24.4. The summed E-state index contributed by atoms with van der Waals surface area (Å²) < 4.78 is 0. The molecule has 0 unspecified atom stereocenters. The molecule has 5 heterocycles. The zero-order valence-corrected chi connectivity index (χ0v) is 12.8. The fourth-order valence-corrected chi connectivity index (χ4v) is 2.94. The number of rotatable bonds is 1. The van der Waals surface area contributed by atoms with E-state index in [4.69, 9.17) is 4.98 Å². The second kappa shape index (κ2) is 4.76. The molecule has 1 aliphatic rings. The van der Waals surface area contributed by atoms with Gasteiger partial charge in [0.15, 0.2) is 11.6 Å². The van der Waals surface area contributed by atoms with Crippen LogP contribution in [0.3, 0.4) is 0 Å². The van der Waals surface area contributed by atoms with Crippen LogP contribution in [0.2, 0.25) is 0 Å². The number of pyridine rings is 2. The standard InChI is InChI=1S/C17H13N7/c1-9-7-20-16(21-9)17-23-13-10-4-6-18-8-12(10)22-15-11(14(13)24-17)3-2-5-19-15/h2-8H,1H3,(H,19,22)(H,20,21)(H,23,24). The van der Waals surface area contributed by atoms with Gasteiger partial charge in [0.05, 0.1) is 17.6 Å². The van der Waals surface area contributed by atoms with Crippen molar-refractivity contribution in [2.45, 2.75) is 6.92 Å². The van der Waals surface area contributed by atoms with Gasteiger partial charge in [-0.05, 0) is 25.1 Å². The number of H-pyrrole nitrogens is 2. The summed E-state index contributed by atoms with van der Waals surface area (Å²) in [5, 5.41) is 3.34. The van der Waals surface area contributed by atoms with E-state index in [1.165, 1.54) is 0 Å². The van der Waals surface area contributed by atoms with Crippen LogP contribution in [0.5, 0.6) is 0 Å². The summed E-state index contributed by atoms with van der Waals surface area (Å²) >= 11 is 0. The molecule has 0 atom stereocenters. The van der Waals surface area contributed by atoms with E-state index in [0.29, 0.717) is 5.82 Å². The van der Waals surface area contributed by atoms with Crippen LogP contribution in [0.1, 0.15) is 5.69 Å². The van der Waals surface area contributed by atoms with Crippen molar-refractivity contribution in [3.05, 3.63) is 48.7 Å². The van der Waals surface area contributed by atoms with E-state index >= 15 is 0 Å². The molecule has 7 nitrogen and oxygen atoms in total. The summed E-state index contributed by atoms with van der Waals surface area (Å²) in [5.74, 6) is 2.18. The summed E-state index contributed by atoms with van der Waals surface area (Å²) in [7, 11) is 0. The van der Waals surface area contributed by atoms with Gasteiger partial charge in [-0.15, -0.1) is 0 Å². The molecule has 0 saturated carbocycles. The van der Waals surface area contributed by atoms with Crippen LogP contribution in [0.15, 0.2) is 43.0 Å². The molecular weight excluding hydrogens is 302 g/mol. The third-order valence-electron chi connectivity index (χ3n) is 4.04. The summed E-state index contributed by atoms with van der Waals surface area (Å²) in [6.45, 7) is 1.97. The molecule has 3 N–H and O–H groups in total. The number of anilines is 2. The Hall–Kier alpha value is -3.48. The number of aryl methyl sites for hydroxylation is 1. The first-order chi connectivity index (χ1) is 11.8. The number of aromatic amines is 2. The highest BCUT2D eigenvalue weighted by atomic mass is 15.1. The van der Waals surface area contributed by atoms with E-state index in [0.717, 1.165) is 45.5 Å². The largest absolute Gasteiger partial charge is 0.340 e. The highest BCUT2D eigenvalue weighted by Crippen LogP contribution is 2.42. The summed E-state index contributed by atoms with van der Waals surface area (Å²) in [5.41, 5.74) is 5.59. The van der Waals surface area contributed by atoms with E-state index in [2.05, 4.69) is 30.2 Å². The molecule has 4 aromatic heterocycles. The van der Waals surface area contributed by atoms with Crippen molar-refractivity contribution in [1.82, 2.24) is 29.9 Å². The molecule has 7 heteroatoms. The molecule has 0 spiro atoms. The zero-order chi connectivity index (χ0) is 16.1. The van der Waals surface area contributed by atoms with Crippen molar-refractivity contribution >= 4 is 11.5 Å². The molecule has 0 aromatic carbocycles. The first-order valence-electron chi connectivity index (χ1n) is 7.58. The minimum Gasteiger partial charge on any atom is -0.340 e. The van der Waals surface area contributed by atoms with Crippen molar-refractivity contribution in [2.24, 2.45) is 0 Å². The van der Waals surface area contributed by atoms with Gasteiger partial charge >= 0.3 is 0 Å². The van der Waals surface area contributed by atoms with Gasteiger partial charge in [0.2, 0.25) is 0 Å². The Kier molecular flexibility index (Phi) is 2.58. The smallest absolute Gasteiger partial charge is 0.174 e. The number of aromatic nitrogens is 6. The molecule has 24 heavy (non-hydrogen) atoms. The number of hydrogen-bond donors (Lipinski definition) is 3. The predicted octanol–water partition coefficient (Wildman–Crippen LogP) is 3.29. The van der Waals surface area contributed by atoms with Gasteiger partial charge in [-0.1, -0.05) is 0 Å². The lowest BCUT2D eigenvalue weighted by atomic mass is 10.1. The molecule has 4 aromatic rings. The lowest BCUT2D eigenvalue weighted by Crippen LogP contribution is -1.95. The number of nitrogens with one attached hydrogen (secondary N) is 3. The number of nitrogens with zero attached hydrogens (tertiary/aromatic N) is 4. The van der Waals surface area contributed by atoms with Crippen molar-refractivity contribution in [3.63, 3.8) is 0 Å². The topological polar surface area (TPSA) is 95.2 Å². The maximum atomic E-state index is 4.78. The average Bonchev–Trinajstić information content (AvgIpc) is 3.20. The van der Waals surface area contributed by atoms with Gasteiger partial charge < -0.3 is 15.3 Å². The van der Waals surface area contributed by atoms with Gasteiger partial charge in [0.25, 0.3) is 0 Å². The van der Waals surface area contributed by atoms with E-state index in [9.17, 15) is 0 Å². The molecule has 0 saturated heterocycles. The van der Waals surface area contributed by atoms with Crippen molar-refractivity contribution in [3.8, 4) is 34.2 Å². The first-order valence-corrected chi connectivity index (χ1v) is 7.58. The molecular formula is C17H13N7. The van der Waals surface area contributed by atoms with Gasteiger partial charge in [0, 0.05) is 35.4 Å². The normalized spacial score (nSPS) is 11.9. The van der Waals surface area contributed by atoms with Gasteiger partial charge in [0.1, 0.15) is 11.5 Å². The minimum absolute atomic E-state index is 0.701. The summed E-state index contributed by atoms with van der Waals surface area (Å²) in [6.07, 6.45) is 7.11. The lowest BCUT2D eigenvalue weighted by Gasteiger charge is -2.07. The maximum absolute atomic E-state index is 4.78. The van der Waals surface area contributed by atoms with Gasteiger partial charge in [-0.2, -0.15) is 0 Å². The van der Waals surface area contributed by atoms with Crippen molar-refractivity contribution in [2.75, 3.05) is 5.32 Å². The Morgan fingerprint density at radius 2 is 1.88 bits per heavy atom. The van der Waals surface area contributed by atoms with Crippen LogP contribution in [-0.2, 0) is 0 Å². The summed E-state index contributed by atoms with van der Waals surface area (Å²) in [6, 6.07) is 5.87. The van der Waals surface area contributed by atoms with Crippen LogP contribution in [0.25, 0.3) is 34.2 Å². The fraction of sp³-hybridized carbons (Fsp3) is 0.0588. The second-order valence-electron chi connectivity index (χ2n) is 5.67. The quantitative estimate of drug-likeness (QED) is 0.441. The van der Waals surface area contributed by atoms with Gasteiger partial charge in [-0.25, -0.2) is 15.0 Å². The second-order valence-corrected chi connectivity index (χ2v) is 5.67. The fourth-order valence-electron chi connectivity index (χ4n) is 2.94. The molecule has 0 amide bonds. The lowest BCUT2D eigenvalue weighted by molar-refractivity contribution is 1.18. The Labute approximate surface area is 137 Å². The molecule has 0 aliphatic carbocycles. The minimum atomic E-state index is 0.701. The van der Waals surface area contributed by atoms with Crippen LogP contribution < -0.4 is 5.32 Å². The molecule has 0 radical (unpaired) electrons. The van der Waals surface area contributed by atoms with Crippen LogP contribution in [0.4, 0.5) is 11.5 Å². The molecule has 116 valence electrons. The Morgan fingerprint density at radius 1 is 0.917 bits per heavy atom. The van der Waals surface area contributed by atoms with Crippen LogP contribution >= 0.6 is 0 Å². The molecule has 0 bridgehead atoms. The van der Waals surface area contributed by atoms with E-state index < -0.39 is 0 Å². The van der Waals surface area contributed by atoms with E-state index in [1.807, 2.05) is 25.1 Å². The number of fused-ring (bicyclic) bond motifs is 5. The van der Waals surface area contributed by atoms with Crippen molar-refractivity contribution in [1.29, 1.82) is 0 Å². The third-order valence-corrected chi connectivity index (χ3v) is 4.04. The van der Waals surface area contributed by atoms with Crippen LogP contribution in [-0.4, -0.2) is 29.9 Å². The number of hydrogen-bond acceptors (Lipinski definition) is 5. The maximum Gasteiger partial charge on any atom is 0.174 e. The average molecular weight is 315 g/mol. The highest BCUT2D eigenvalue weighted by Gasteiger charge is 2.24. The first kappa shape index (κ1) is 13.0. The molecule has 1 aliphatic heterocycles.